The molecule has 2 rings (SSSR count). The van der Waals surface area contributed by atoms with Gasteiger partial charge in [0.15, 0.2) is 5.78 Å². The third kappa shape index (κ3) is 5.63. The Balaban J connectivity index is 2.13. The average Bonchev–Trinajstić information content (AvgIpc) is 2.63. The molecule has 0 saturated carbocycles. The van der Waals surface area contributed by atoms with Gasteiger partial charge < -0.3 is 9.47 Å². The van der Waals surface area contributed by atoms with E-state index >= 15 is 0 Å². The standard InChI is InChI=1S/C20H21NO3S/c1-15-12-17(8-9-18(15)24-11-10-23-2)20(22)19(25-14-21)13-16-6-4-3-5-7-16/h3-9,12,19H,10-11,13H2,1-2H3. The largest absolute Gasteiger partial charge is 0.491 e. The van der Waals surface area contributed by atoms with Crippen LogP contribution in [0.5, 0.6) is 5.75 Å². The fraction of sp³-hybridized carbons (Fsp3) is 0.300. The molecule has 1 atom stereocenters. The Kier molecular flexibility index (Phi) is 7.52. The maximum atomic E-state index is 12.8. The van der Waals surface area contributed by atoms with Crippen molar-refractivity contribution in [3.05, 3.63) is 65.2 Å². The van der Waals surface area contributed by atoms with Crippen LogP contribution in [0.25, 0.3) is 0 Å². The summed E-state index contributed by atoms with van der Waals surface area (Å²) in [4.78, 5) is 12.8. The first-order chi connectivity index (χ1) is 12.2. The summed E-state index contributed by atoms with van der Waals surface area (Å²) in [5, 5.41) is 10.7. The van der Waals surface area contributed by atoms with Gasteiger partial charge >= 0.3 is 0 Å². The van der Waals surface area contributed by atoms with Crippen LogP contribution >= 0.6 is 11.8 Å². The van der Waals surface area contributed by atoms with E-state index in [0.717, 1.165) is 28.6 Å². The highest BCUT2D eigenvalue weighted by Crippen LogP contribution is 2.24. The van der Waals surface area contributed by atoms with Gasteiger partial charge in [0.25, 0.3) is 0 Å². The topological polar surface area (TPSA) is 59.3 Å². The maximum Gasteiger partial charge on any atom is 0.177 e. The van der Waals surface area contributed by atoms with E-state index in [9.17, 15) is 4.79 Å². The van der Waals surface area contributed by atoms with Crippen molar-refractivity contribution in [2.45, 2.75) is 18.6 Å². The molecule has 5 heteroatoms. The van der Waals surface area contributed by atoms with Crippen molar-refractivity contribution in [3.63, 3.8) is 0 Å². The molecule has 2 aromatic rings. The van der Waals surface area contributed by atoms with Gasteiger partial charge in [-0.1, -0.05) is 30.3 Å². The van der Waals surface area contributed by atoms with Crippen molar-refractivity contribution < 1.29 is 14.3 Å². The zero-order chi connectivity index (χ0) is 18.1. The van der Waals surface area contributed by atoms with Gasteiger partial charge in [-0.05, 0) is 54.4 Å². The molecule has 0 aliphatic heterocycles. The van der Waals surface area contributed by atoms with Crippen LogP contribution in [0, 0.1) is 17.6 Å². The first-order valence-electron chi connectivity index (χ1n) is 8.01. The van der Waals surface area contributed by atoms with Crippen molar-refractivity contribution in [1.82, 2.24) is 0 Å². The molecule has 0 radical (unpaired) electrons. The fourth-order valence-corrected chi connectivity index (χ4v) is 3.11. The molecule has 0 aliphatic carbocycles. The molecule has 0 amide bonds. The molecular weight excluding hydrogens is 334 g/mol. The van der Waals surface area contributed by atoms with Crippen LogP contribution < -0.4 is 4.74 Å². The van der Waals surface area contributed by atoms with Crippen molar-refractivity contribution in [2.75, 3.05) is 20.3 Å². The molecule has 0 aromatic heterocycles. The third-order valence-corrected chi connectivity index (χ3v) is 4.53. The number of hydrogen-bond donors (Lipinski definition) is 0. The normalized spacial score (nSPS) is 11.6. The van der Waals surface area contributed by atoms with Crippen molar-refractivity contribution in [2.24, 2.45) is 0 Å². The Hall–Kier alpha value is -2.29. The first kappa shape index (κ1) is 19.0. The molecular formula is C20H21NO3S. The molecule has 0 saturated heterocycles. The molecule has 2 aromatic carbocycles. The average molecular weight is 355 g/mol. The van der Waals surface area contributed by atoms with Gasteiger partial charge in [-0.3, -0.25) is 4.79 Å². The zero-order valence-corrected chi connectivity index (χ0v) is 15.2. The summed E-state index contributed by atoms with van der Waals surface area (Å²) in [5.74, 6) is 0.697. The fourth-order valence-electron chi connectivity index (χ4n) is 2.47. The monoisotopic (exact) mass is 355 g/mol. The van der Waals surface area contributed by atoms with Crippen LogP contribution in [-0.2, 0) is 11.2 Å². The Morgan fingerprint density at radius 3 is 2.60 bits per heavy atom. The number of thiocyanates is 1. The quantitative estimate of drug-likeness (QED) is 0.386. The third-order valence-electron chi connectivity index (χ3n) is 3.76. The predicted molar refractivity (Wildman–Crippen MR) is 100 cm³/mol. The lowest BCUT2D eigenvalue weighted by molar-refractivity contribution is 0.0989. The van der Waals surface area contributed by atoms with Crippen LogP contribution in [0.3, 0.4) is 0 Å². The highest BCUT2D eigenvalue weighted by Gasteiger charge is 2.22. The lowest BCUT2D eigenvalue weighted by Crippen LogP contribution is -2.20. The summed E-state index contributed by atoms with van der Waals surface area (Å²) in [5.41, 5.74) is 2.53. The van der Waals surface area contributed by atoms with E-state index in [-0.39, 0.29) is 5.78 Å². The van der Waals surface area contributed by atoms with Crippen LogP contribution in [0.15, 0.2) is 48.5 Å². The van der Waals surface area contributed by atoms with E-state index in [1.807, 2.05) is 43.3 Å². The van der Waals surface area contributed by atoms with Crippen LogP contribution in [0.2, 0.25) is 0 Å². The molecule has 0 bridgehead atoms. The number of ketones is 1. The Morgan fingerprint density at radius 2 is 1.96 bits per heavy atom. The summed E-state index contributed by atoms with van der Waals surface area (Å²) in [7, 11) is 1.62. The van der Waals surface area contributed by atoms with E-state index < -0.39 is 5.25 Å². The second-order valence-electron chi connectivity index (χ2n) is 5.57. The number of Topliss-reactive ketones (excluding diaryl/α,β-unsaturated/α-hetero) is 1. The molecule has 0 N–H and O–H groups in total. The number of nitriles is 1. The van der Waals surface area contributed by atoms with E-state index in [1.54, 1.807) is 19.2 Å². The van der Waals surface area contributed by atoms with Gasteiger partial charge in [-0.25, -0.2) is 0 Å². The molecule has 0 aliphatic rings. The number of nitrogens with zero attached hydrogens (tertiary/aromatic N) is 1. The molecule has 1 unspecified atom stereocenters. The SMILES string of the molecule is COCCOc1ccc(C(=O)C(Cc2ccccc2)SC#N)cc1C. The summed E-state index contributed by atoms with van der Waals surface area (Å²) >= 11 is 1.01. The minimum Gasteiger partial charge on any atom is -0.491 e. The minimum atomic E-state index is -0.424. The smallest absolute Gasteiger partial charge is 0.177 e. The van der Waals surface area contributed by atoms with E-state index in [2.05, 4.69) is 5.40 Å². The van der Waals surface area contributed by atoms with Gasteiger partial charge in [0.2, 0.25) is 0 Å². The second-order valence-corrected chi connectivity index (χ2v) is 6.56. The highest BCUT2D eigenvalue weighted by atomic mass is 32.2. The van der Waals surface area contributed by atoms with E-state index in [4.69, 9.17) is 14.7 Å². The molecule has 4 nitrogen and oxygen atoms in total. The lowest BCUT2D eigenvalue weighted by Gasteiger charge is -2.14. The Labute approximate surface area is 152 Å². The number of carbonyl (C=O) groups is 1. The van der Waals surface area contributed by atoms with E-state index in [0.29, 0.717) is 25.2 Å². The Bertz CT molecular complexity index is 740. The zero-order valence-electron chi connectivity index (χ0n) is 14.4. The van der Waals surface area contributed by atoms with Gasteiger partial charge in [-0.15, -0.1) is 0 Å². The maximum absolute atomic E-state index is 12.8. The summed E-state index contributed by atoms with van der Waals surface area (Å²) in [6.45, 7) is 2.88. The predicted octanol–water partition coefficient (Wildman–Crippen LogP) is 4.03. The van der Waals surface area contributed by atoms with Crippen LogP contribution in [0.4, 0.5) is 0 Å². The summed E-state index contributed by atoms with van der Waals surface area (Å²) < 4.78 is 10.6. The van der Waals surface area contributed by atoms with Crippen molar-refractivity contribution in [3.8, 4) is 11.2 Å². The van der Waals surface area contributed by atoms with Gasteiger partial charge in [0, 0.05) is 12.7 Å². The van der Waals surface area contributed by atoms with Gasteiger partial charge in [-0.2, -0.15) is 5.26 Å². The molecule has 25 heavy (non-hydrogen) atoms. The number of aryl methyl sites for hydroxylation is 1. The van der Waals surface area contributed by atoms with Crippen molar-refractivity contribution >= 4 is 17.5 Å². The number of thioether (sulfide) groups is 1. The lowest BCUT2D eigenvalue weighted by atomic mass is 10.0. The minimum absolute atomic E-state index is 0.0399. The number of benzene rings is 2. The molecule has 130 valence electrons. The first-order valence-corrected chi connectivity index (χ1v) is 8.89. The van der Waals surface area contributed by atoms with Gasteiger partial charge in [0.05, 0.1) is 11.9 Å². The van der Waals surface area contributed by atoms with E-state index in [1.165, 1.54) is 0 Å². The number of methoxy groups -OCH3 is 1. The summed E-state index contributed by atoms with van der Waals surface area (Å²) in [6.07, 6.45) is 0.531. The number of hydrogen-bond acceptors (Lipinski definition) is 5. The second kappa shape index (κ2) is 9.87. The van der Waals surface area contributed by atoms with Crippen molar-refractivity contribution in [1.29, 1.82) is 5.26 Å². The highest BCUT2D eigenvalue weighted by molar-refractivity contribution is 8.05. The number of ether oxygens (including phenoxy) is 2. The number of carbonyl (C=O) groups excluding carboxylic acids is 1. The number of rotatable bonds is 9. The van der Waals surface area contributed by atoms with Crippen LogP contribution in [-0.4, -0.2) is 31.4 Å². The van der Waals surface area contributed by atoms with Gasteiger partial charge in [0.1, 0.15) is 17.8 Å². The van der Waals surface area contributed by atoms with Crippen LogP contribution in [0.1, 0.15) is 21.5 Å². The summed E-state index contributed by atoms with van der Waals surface area (Å²) in [6, 6.07) is 15.1. The molecule has 0 fully saturated rings. The Morgan fingerprint density at radius 1 is 1.20 bits per heavy atom. The molecule has 0 spiro atoms. The molecule has 0 heterocycles.